The van der Waals surface area contributed by atoms with E-state index in [1.807, 2.05) is 0 Å². The summed E-state index contributed by atoms with van der Waals surface area (Å²) in [5.74, 6) is 0. The van der Waals surface area contributed by atoms with Crippen molar-refractivity contribution in [2.75, 3.05) is 0 Å². The Labute approximate surface area is 110 Å². The molecule has 1 aromatic rings. The van der Waals surface area contributed by atoms with Crippen LogP contribution in [-0.4, -0.2) is 17.2 Å². The van der Waals surface area contributed by atoms with Gasteiger partial charge in [0.1, 0.15) is 0 Å². The zero-order chi connectivity index (χ0) is 13.0. The van der Waals surface area contributed by atoms with Crippen LogP contribution in [0, 0.1) is 0 Å². The first-order chi connectivity index (χ1) is 8.69. The van der Waals surface area contributed by atoms with Crippen molar-refractivity contribution >= 4 is 0 Å². The lowest BCUT2D eigenvalue weighted by atomic mass is 9.93. The maximum atomic E-state index is 10.3. The molecular weight excluding hydrogens is 222 g/mol. The van der Waals surface area contributed by atoms with Crippen molar-refractivity contribution < 1.29 is 5.11 Å². The van der Waals surface area contributed by atoms with Gasteiger partial charge in [-0.3, -0.25) is 0 Å². The zero-order valence-corrected chi connectivity index (χ0v) is 11.5. The van der Waals surface area contributed by atoms with E-state index in [1.54, 1.807) is 0 Å². The SMILES string of the molecule is CCc1ccc(C(O)CC2CCCC(C)N2)cc1. The Balaban J connectivity index is 1.91. The molecule has 1 saturated heterocycles. The van der Waals surface area contributed by atoms with Gasteiger partial charge in [-0.05, 0) is 43.7 Å². The second-order valence-electron chi connectivity index (χ2n) is 5.54. The largest absolute Gasteiger partial charge is 0.388 e. The molecule has 0 bridgehead atoms. The quantitative estimate of drug-likeness (QED) is 0.856. The molecule has 2 heteroatoms. The zero-order valence-electron chi connectivity index (χ0n) is 11.5. The smallest absolute Gasteiger partial charge is 0.0804 e. The normalized spacial score (nSPS) is 25.9. The van der Waals surface area contributed by atoms with Gasteiger partial charge in [-0.25, -0.2) is 0 Å². The number of rotatable bonds is 4. The average Bonchev–Trinajstić information content (AvgIpc) is 2.39. The van der Waals surface area contributed by atoms with E-state index in [-0.39, 0.29) is 6.10 Å². The summed E-state index contributed by atoms with van der Waals surface area (Å²) in [6, 6.07) is 9.43. The first-order valence-electron chi connectivity index (χ1n) is 7.22. The standard InChI is InChI=1S/C16H25NO/c1-3-13-7-9-14(10-8-13)16(18)11-15-6-4-5-12(2)17-15/h7-10,12,15-18H,3-6,11H2,1-2H3. The Kier molecular flexibility index (Phi) is 4.79. The number of aryl methyl sites for hydroxylation is 1. The summed E-state index contributed by atoms with van der Waals surface area (Å²) in [5.41, 5.74) is 2.38. The molecule has 3 unspecified atom stereocenters. The van der Waals surface area contributed by atoms with E-state index in [2.05, 4.69) is 43.4 Å². The van der Waals surface area contributed by atoms with Crippen molar-refractivity contribution in [2.24, 2.45) is 0 Å². The lowest BCUT2D eigenvalue weighted by Crippen LogP contribution is -2.41. The molecule has 3 atom stereocenters. The highest BCUT2D eigenvalue weighted by Crippen LogP contribution is 2.23. The van der Waals surface area contributed by atoms with Crippen molar-refractivity contribution in [2.45, 2.75) is 64.1 Å². The van der Waals surface area contributed by atoms with E-state index in [1.165, 1.54) is 24.8 Å². The molecule has 1 aromatic carbocycles. The lowest BCUT2D eigenvalue weighted by Gasteiger charge is -2.30. The maximum Gasteiger partial charge on any atom is 0.0804 e. The van der Waals surface area contributed by atoms with Gasteiger partial charge in [0.15, 0.2) is 0 Å². The molecule has 0 spiro atoms. The minimum Gasteiger partial charge on any atom is -0.388 e. The van der Waals surface area contributed by atoms with E-state index in [4.69, 9.17) is 0 Å². The Morgan fingerprint density at radius 1 is 1.28 bits per heavy atom. The first kappa shape index (κ1) is 13.6. The van der Waals surface area contributed by atoms with Crippen molar-refractivity contribution in [3.63, 3.8) is 0 Å². The van der Waals surface area contributed by atoms with Gasteiger partial charge in [0.05, 0.1) is 6.10 Å². The number of aliphatic hydroxyl groups excluding tert-OH is 1. The Bertz CT molecular complexity index is 360. The third-order valence-corrected chi connectivity index (χ3v) is 3.99. The lowest BCUT2D eigenvalue weighted by molar-refractivity contribution is 0.139. The summed E-state index contributed by atoms with van der Waals surface area (Å²) >= 11 is 0. The number of hydrogen-bond donors (Lipinski definition) is 2. The highest BCUT2D eigenvalue weighted by molar-refractivity contribution is 5.24. The maximum absolute atomic E-state index is 10.3. The van der Waals surface area contributed by atoms with E-state index in [0.29, 0.717) is 12.1 Å². The van der Waals surface area contributed by atoms with Gasteiger partial charge in [0.25, 0.3) is 0 Å². The molecule has 1 heterocycles. The predicted molar refractivity (Wildman–Crippen MR) is 75.6 cm³/mol. The minimum atomic E-state index is -0.335. The van der Waals surface area contributed by atoms with Gasteiger partial charge in [0.2, 0.25) is 0 Å². The van der Waals surface area contributed by atoms with E-state index in [0.717, 1.165) is 18.4 Å². The second-order valence-corrected chi connectivity index (χ2v) is 5.54. The van der Waals surface area contributed by atoms with Gasteiger partial charge < -0.3 is 10.4 Å². The van der Waals surface area contributed by atoms with Crippen LogP contribution in [0.25, 0.3) is 0 Å². The summed E-state index contributed by atoms with van der Waals surface area (Å²) in [5, 5.41) is 13.9. The summed E-state index contributed by atoms with van der Waals surface area (Å²) in [6.45, 7) is 4.38. The summed E-state index contributed by atoms with van der Waals surface area (Å²) < 4.78 is 0. The van der Waals surface area contributed by atoms with E-state index in [9.17, 15) is 5.11 Å². The summed E-state index contributed by atoms with van der Waals surface area (Å²) in [6.07, 6.45) is 5.28. The van der Waals surface area contributed by atoms with Crippen molar-refractivity contribution in [3.8, 4) is 0 Å². The molecule has 1 fully saturated rings. The number of benzene rings is 1. The minimum absolute atomic E-state index is 0.335. The molecular formula is C16H25NO. The first-order valence-corrected chi connectivity index (χ1v) is 7.22. The fourth-order valence-corrected chi connectivity index (χ4v) is 2.81. The second kappa shape index (κ2) is 6.35. The molecule has 2 N–H and O–H groups in total. The van der Waals surface area contributed by atoms with Gasteiger partial charge in [0, 0.05) is 12.1 Å². The molecule has 0 aliphatic carbocycles. The average molecular weight is 247 g/mol. The molecule has 1 aliphatic heterocycles. The highest BCUT2D eigenvalue weighted by atomic mass is 16.3. The van der Waals surface area contributed by atoms with Crippen molar-refractivity contribution in [1.29, 1.82) is 0 Å². The van der Waals surface area contributed by atoms with Gasteiger partial charge in [-0.2, -0.15) is 0 Å². The van der Waals surface area contributed by atoms with Crippen LogP contribution in [0.5, 0.6) is 0 Å². The van der Waals surface area contributed by atoms with Crippen molar-refractivity contribution in [3.05, 3.63) is 35.4 Å². The van der Waals surface area contributed by atoms with Crippen LogP contribution in [0.15, 0.2) is 24.3 Å². The van der Waals surface area contributed by atoms with Crippen LogP contribution >= 0.6 is 0 Å². The molecule has 18 heavy (non-hydrogen) atoms. The number of piperidine rings is 1. The molecule has 2 rings (SSSR count). The molecule has 0 aromatic heterocycles. The summed E-state index contributed by atoms with van der Waals surface area (Å²) in [4.78, 5) is 0. The van der Waals surface area contributed by atoms with Gasteiger partial charge >= 0.3 is 0 Å². The Hall–Kier alpha value is -0.860. The van der Waals surface area contributed by atoms with Crippen LogP contribution in [0.4, 0.5) is 0 Å². The highest BCUT2D eigenvalue weighted by Gasteiger charge is 2.21. The van der Waals surface area contributed by atoms with E-state index >= 15 is 0 Å². The van der Waals surface area contributed by atoms with Gasteiger partial charge in [-0.1, -0.05) is 37.6 Å². The Morgan fingerprint density at radius 2 is 2.00 bits per heavy atom. The Morgan fingerprint density at radius 3 is 2.61 bits per heavy atom. The van der Waals surface area contributed by atoms with Crippen LogP contribution in [0.1, 0.15) is 56.8 Å². The van der Waals surface area contributed by atoms with Crippen LogP contribution in [0.3, 0.4) is 0 Å². The molecule has 0 amide bonds. The third kappa shape index (κ3) is 3.56. The number of hydrogen-bond acceptors (Lipinski definition) is 2. The molecule has 1 aliphatic rings. The predicted octanol–water partition coefficient (Wildman–Crippen LogP) is 3.20. The van der Waals surface area contributed by atoms with Gasteiger partial charge in [-0.15, -0.1) is 0 Å². The molecule has 100 valence electrons. The third-order valence-electron chi connectivity index (χ3n) is 3.99. The number of nitrogens with one attached hydrogen (secondary N) is 1. The number of aliphatic hydroxyl groups is 1. The molecule has 0 saturated carbocycles. The monoisotopic (exact) mass is 247 g/mol. The van der Waals surface area contributed by atoms with Crippen LogP contribution in [0.2, 0.25) is 0 Å². The topological polar surface area (TPSA) is 32.3 Å². The summed E-state index contributed by atoms with van der Waals surface area (Å²) in [7, 11) is 0. The fourth-order valence-electron chi connectivity index (χ4n) is 2.81. The van der Waals surface area contributed by atoms with E-state index < -0.39 is 0 Å². The van der Waals surface area contributed by atoms with Crippen LogP contribution < -0.4 is 5.32 Å². The molecule has 0 radical (unpaired) electrons. The van der Waals surface area contributed by atoms with Crippen LogP contribution in [-0.2, 0) is 6.42 Å². The molecule has 2 nitrogen and oxygen atoms in total. The fraction of sp³-hybridized carbons (Fsp3) is 0.625. The van der Waals surface area contributed by atoms with Crippen molar-refractivity contribution in [1.82, 2.24) is 5.32 Å².